The standard InChI is InChI=1S/C26H33ClN4O2/c1-28(2)26(32)20-30-16-14-29(15-17-30)12-3-4-18-33-24-9-10-25-21(19-24)11-13-31(25)23-7-5-22(27)6-8-23/h5-11,13,19H,3-4,12,14-18,20H2,1-2H3. The smallest absolute Gasteiger partial charge is 0.236 e. The van der Waals surface area contributed by atoms with Gasteiger partial charge in [-0.15, -0.1) is 0 Å². The third-order valence-corrected chi connectivity index (χ3v) is 6.48. The van der Waals surface area contributed by atoms with Crippen molar-refractivity contribution in [3.8, 4) is 11.4 Å². The van der Waals surface area contributed by atoms with Crippen LogP contribution in [-0.2, 0) is 4.79 Å². The summed E-state index contributed by atoms with van der Waals surface area (Å²) in [5, 5.41) is 1.90. The number of nitrogens with zero attached hydrogens (tertiary/aromatic N) is 4. The molecule has 0 spiro atoms. The second-order valence-corrected chi connectivity index (χ2v) is 9.28. The molecule has 2 aromatic carbocycles. The minimum Gasteiger partial charge on any atom is -0.494 e. The molecular weight excluding hydrogens is 436 g/mol. The summed E-state index contributed by atoms with van der Waals surface area (Å²) in [7, 11) is 3.63. The lowest BCUT2D eigenvalue weighted by molar-refractivity contribution is -0.130. The number of aromatic nitrogens is 1. The van der Waals surface area contributed by atoms with E-state index in [9.17, 15) is 4.79 Å². The van der Waals surface area contributed by atoms with Gasteiger partial charge in [0.1, 0.15) is 5.75 Å². The van der Waals surface area contributed by atoms with E-state index < -0.39 is 0 Å². The quantitative estimate of drug-likeness (QED) is 0.442. The number of hydrogen-bond acceptors (Lipinski definition) is 4. The first-order chi connectivity index (χ1) is 16.0. The maximum absolute atomic E-state index is 11.9. The molecule has 6 nitrogen and oxygen atoms in total. The Morgan fingerprint density at radius 1 is 0.970 bits per heavy atom. The molecule has 1 aromatic heterocycles. The summed E-state index contributed by atoms with van der Waals surface area (Å²) in [4.78, 5) is 18.3. The van der Waals surface area contributed by atoms with Crippen LogP contribution in [0.3, 0.4) is 0 Å². The van der Waals surface area contributed by atoms with Crippen molar-refractivity contribution in [2.24, 2.45) is 0 Å². The first kappa shape index (κ1) is 23.6. The molecule has 4 rings (SSSR count). The van der Waals surface area contributed by atoms with Crippen molar-refractivity contribution in [1.29, 1.82) is 0 Å². The Hall–Kier alpha value is -2.54. The van der Waals surface area contributed by atoms with Gasteiger partial charge in [-0.05, 0) is 67.9 Å². The van der Waals surface area contributed by atoms with Gasteiger partial charge in [-0.2, -0.15) is 0 Å². The molecule has 1 amide bonds. The fraction of sp³-hybridized carbons (Fsp3) is 0.423. The van der Waals surface area contributed by atoms with E-state index in [0.717, 1.165) is 79.5 Å². The molecule has 0 saturated carbocycles. The maximum Gasteiger partial charge on any atom is 0.236 e. The number of hydrogen-bond donors (Lipinski definition) is 0. The van der Waals surface area contributed by atoms with Crippen LogP contribution in [0.5, 0.6) is 5.75 Å². The largest absolute Gasteiger partial charge is 0.494 e. The van der Waals surface area contributed by atoms with Gasteiger partial charge in [0.15, 0.2) is 0 Å². The predicted molar refractivity (Wildman–Crippen MR) is 135 cm³/mol. The lowest BCUT2D eigenvalue weighted by Crippen LogP contribution is -2.49. The van der Waals surface area contributed by atoms with Crippen molar-refractivity contribution in [3.05, 3.63) is 59.8 Å². The van der Waals surface area contributed by atoms with Crippen molar-refractivity contribution in [2.75, 3.05) is 60.0 Å². The Morgan fingerprint density at radius 2 is 1.70 bits per heavy atom. The number of ether oxygens (including phenoxy) is 1. The third-order valence-electron chi connectivity index (χ3n) is 6.23. The Bertz CT molecular complexity index is 1060. The fourth-order valence-corrected chi connectivity index (χ4v) is 4.29. The maximum atomic E-state index is 11.9. The number of carbonyl (C=O) groups excluding carboxylic acids is 1. The minimum absolute atomic E-state index is 0.181. The van der Waals surface area contributed by atoms with Crippen LogP contribution in [0.2, 0.25) is 5.02 Å². The van der Waals surface area contributed by atoms with Gasteiger partial charge in [-0.1, -0.05) is 11.6 Å². The monoisotopic (exact) mass is 468 g/mol. The zero-order chi connectivity index (χ0) is 23.2. The fourth-order valence-electron chi connectivity index (χ4n) is 4.17. The Kier molecular flexibility index (Phi) is 7.91. The summed E-state index contributed by atoms with van der Waals surface area (Å²) in [6.07, 6.45) is 4.23. The first-order valence-corrected chi connectivity index (χ1v) is 12.0. The van der Waals surface area contributed by atoms with Crippen LogP contribution in [0.4, 0.5) is 0 Å². The van der Waals surface area contributed by atoms with Crippen molar-refractivity contribution >= 4 is 28.4 Å². The first-order valence-electron chi connectivity index (χ1n) is 11.6. The molecule has 1 aliphatic rings. The van der Waals surface area contributed by atoms with Crippen LogP contribution in [0, 0.1) is 0 Å². The molecular formula is C26H33ClN4O2. The second-order valence-electron chi connectivity index (χ2n) is 8.84. The molecule has 0 N–H and O–H groups in total. The summed E-state index contributed by atoms with van der Waals surface area (Å²) in [5.41, 5.74) is 2.24. The minimum atomic E-state index is 0.181. The number of carbonyl (C=O) groups is 1. The van der Waals surface area contributed by atoms with Crippen molar-refractivity contribution in [3.63, 3.8) is 0 Å². The molecule has 0 unspecified atom stereocenters. The Balaban J connectivity index is 1.18. The SMILES string of the molecule is CN(C)C(=O)CN1CCN(CCCCOc2ccc3c(ccn3-c3ccc(Cl)cc3)c2)CC1. The Morgan fingerprint density at radius 3 is 2.42 bits per heavy atom. The van der Waals surface area contributed by atoms with E-state index in [0.29, 0.717) is 6.54 Å². The topological polar surface area (TPSA) is 41.0 Å². The van der Waals surface area contributed by atoms with E-state index in [1.54, 1.807) is 4.90 Å². The van der Waals surface area contributed by atoms with E-state index in [2.05, 4.69) is 38.8 Å². The predicted octanol–water partition coefficient (Wildman–Crippen LogP) is 4.15. The number of piperazine rings is 1. The molecule has 2 heterocycles. The molecule has 1 aliphatic heterocycles. The van der Waals surface area contributed by atoms with E-state index in [-0.39, 0.29) is 5.91 Å². The highest BCUT2D eigenvalue weighted by Crippen LogP contribution is 2.25. The van der Waals surface area contributed by atoms with Crippen LogP contribution < -0.4 is 4.74 Å². The molecule has 0 radical (unpaired) electrons. The van der Waals surface area contributed by atoms with Gasteiger partial charge in [-0.25, -0.2) is 0 Å². The van der Waals surface area contributed by atoms with Crippen molar-refractivity contribution in [1.82, 2.24) is 19.3 Å². The van der Waals surface area contributed by atoms with Gasteiger partial charge in [0.05, 0.1) is 18.7 Å². The van der Waals surface area contributed by atoms with Gasteiger partial charge in [0.25, 0.3) is 0 Å². The van der Waals surface area contributed by atoms with Crippen molar-refractivity contribution < 1.29 is 9.53 Å². The summed E-state index contributed by atoms with van der Waals surface area (Å²) in [6.45, 7) is 6.33. The molecule has 33 heavy (non-hydrogen) atoms. The number of halogens is 1. The van der Waals surface area contributed by atoms with E-state index in [1.165, 1.54) is 0 Å². The number of likely N-dealkylation sites (N-methyl/N-ethyl adjacent to an activating group) is 1. The molecule has 0 bridgehead atoms. The summed E-state index contributed by atoms with van der Waals surface area (Å²) >= 11 is 6.02. The normalized spacial score (nSPS) is 15.1. The zero-order valence-corrected chi connectivity index (χ0v) is 20.3. The van der Waals surface area contributed by atoms with Crippen LogP contribution in [0.25, 0.3) is 16.6 Å². The molecule has 1 fully saturated rings. The molecule has 3 aromatic rings. The molecule has 176 valence electrons. The molecule has 0 aliphatic carbocycles. The molecule has 1 saturated heterocycles. The Labute approximate surface area is 201 Å². The van der Waals surface area contributed by atoms with E-state index in [1.807, 2.05) is 44.4 Å². The molecule has 7 heteroatoms. The van der Waals surface area contributed by atoms with E-state index in [4.69, 9.17) is 16.3 Å². The van der Waals surface area contributed by atoms with Gasteiger partial charge >= 0.3 is 0 Å². The van der Waals surface area contributed by atoms with Crippen LogP contribution >= 0.6 is 11.6 Å². The lowest BCUT2D eigenvalue weighted by atomic mass is 10.2. The highest BCUT2D eigenvalue weighted by atomic mass is 35.5. The van der Waals surface area contributed by atoms with Crippen molar-refractivity contribution in [2.45, 2.75) is 12.8 Å². The number of amides is 1. The number of rotatable bonds is 9. The zero-order valence-electron chi connectivity index (χ0n) is 19.5. The molecule has 0 atom stereocenters. The number of unbranched alkanes of at least 4 members (excludes halogenated alkanes) is 1. The average Bonchev–Trinajstić information content (AvgIpc) is 3.23. The van der Waals surface area contributed by atoms with Crippen LogP contribution in [0.1, 0.15) is 12.8 Å². The highest BCUT2D eigenvalue weighted by molar-refractivity contribution is 6.30. The van der Waals surface area contributed by atoms with Gasteiger partial charge in [-0.3, -0.25) is 9.69 Å². The highest BCUT2D eigenvalue weighted by Gasteiger charge is 2.19. The number of fused-ring (bicyclic) bond motifs is 1. The van der Waals surface area contributed by atoms with Crippen LogP contribution in [0.15, 0.2) is 54.7 Å². The van der Waals surface area contributed by atoms with E-state index >= 15 is 0 Å². The van der Waals surface area contributed by atoms with Crippen LogP contribution in [-0.4, -0.2) is 85.1 Å². The van der Waals surface area contributed by atoms with Gasteiger partial charge in [0.2, 0.25) is 5.91 Å². The van der Waals surface area contributed by atoms with Gasteiger partial charge in [0, 0.05) is 62.6 Å². The lowest BCUT2D eigenvalue weighted by Gasteiger charge is -2.34. The second kappa shape index (κ2) is 11.1. The number of benzene rings is 2. The third kappa shape index (κ3) is 6.28. The average molecular weight is 469 g/mol. The van der Waals surface area contributed by atoms with Gasteiger partial charge < -0.3 is 19.1 Å². The summed E-state index contributed by atoms with van der Waals surface area (Å²) < 4.78 is 8.18. The summed E-state index contributed by atoms with van der Waals surface area (Å²) in [6, 6.07) is 16.2. The summed E-state index contributed by atoms with van der Waals surface area (Å²) in [5.74, 6) is 1.09.